The Morgan fingerprint density at radius 3 is 2.17 bits per heavy atom. The van der Waals surface area contributed by atoms with E-state index in [-0.39, 0.29) is 36.1 Å². The Bertz CT molecular complexity index is 1690. The number of para-hydroxylation sites is 2. The lowest BCUT2D eigenvalue weighted by atomic mass is 10.1. The number of anilines is 1. The highest BCUT2D eigenvalue weighted by Gasteiger charge is 2.38. The number of nitrogens with two attached hydrogens (primary N) is 1. The number of aromatic nitrogens is 4. The van der Waals surface area contributed by atoms with Crippen LogP contribution in [0, 0.1) is 0 Å². The molecule has 0 saturated heterocycles. The molecule has 0 atom stereocenters. The molecule has 13 nitrogen and oxygen atoms in total. The molecule has 2 amide bonds. The number of carboxylic acid groups (broad SMARTS) is 1. The van der Waals surface area contributed by atoms with Gasteiger partial charge < -0.3 is 26.2 Å². The van der Waals surface area contributed by atoms with Gasteiger partial charge in [-0.1, -0.05) is 37.8 Å². The minimum Gasteiger partial charge on any atom is -0.497 e. The Labute approximate surface area is 261 Å². The first-order chi connectivity index (χ1) is 22.0. The van der Waals surface area contributed by atoms with Crippen molar-refractivity contribution in [3.8, 4) is 11.4 Å². The number of amides is 2. The molecule has 5 N–H and O–H groups in total. The number of fused-ring (bicyclic) bond motifs is 3. The Hall–Kier alpha value is -4.99. The van der Waals surface area contributed by atoms with Gasteiger partial charge in [-0.25, -0.2) is 19.0 Å². The van der Waals surface area contributed by atoms with E-state index in [2.05, 4.69) is 20.7 Å². The van der Waals surface area contributed by atoms with E-state index in [1.54, 1.807) is 55.6 Å². The van der Waals surface area contributed by atoms with Gasteiger partial charge in [0.25, 0.3) is 0 Å². The van der Waals surface area contributed by atoms with Crippen LogP contribution in [-0.2, 0) is 14.4 Å². The molecule has 16 heteroatoms. The highest BCUT2D eigenvalue weighted by Crippen LogP contribution is 2.21. The molecule has 0 aliphatic heterocycles. The largest absolute Gasteiger partial charge is 0.497 e. The van der Waals surface area contributed by atoms with E-state index >= 15 is 0 Å². The zero-order chi connectivity index (χ0) is 33.7. The monoisotopic (exact) mass is 647 g/mol. The van der Waals surface area contributed by atoms with Gasteiger partial charge >= 0.3 is 17.8 Å². The zero-order valence-electron chi connectivity index (χ0n) is 25.2. The first-order valence-corrected chi connectivity index (χ1v) is 14.6. The van der Waals surface area contributed by atoms with Crippen LogP contribution >= 0.6 is 0 Å². The van der Waals surface area contributed by atoms with E-state index in [4.69, 9.17) is 20.4 Å². The van der Waals surface area contributed by atoms with Gasteiger partial charge in [0.05, 0.1) is 23.8 Å². The molecule has 0 bridgehead atoms. The summed E-state index contributed by atoms with van der Waals surface area (Å²) in [6.45, 7) is 1.33. The van der Waals surface area contributed by atoms with Crippen molar-refractivity contribution in [3.05, 3.63) is 59.0 Å². The second-order valence-electron chi connectivity index (χ2n) is 10.1. The van der Waals surface area contributed by atoms with Gasteiger partial charge in [-0.2, -0.15) is 17.9 Å². The van der Waals surface area contributed by atoms with Crippen molar-refractivity contribution in [2.45, 2.75) is 57.5 Å². The third-order valence-electron chi connectivity index (χ3n) is 6.70. The highest BCUT2D eigenvalue weighted by atomic mass is 19.4. The number of hydrogen-bond donors (Lipinski definition) is 4. The van der Waals surface area contributed by atoms with Crippen molar-refractivity contribution in [2.75, 3.05) is 25.5 Å². The molecule has 4 aromatic rings. The number of rotatable bonds is 14. The van der Waals surface area contributed by atoms with E-state index in [0.29, 0.717) is 29.0 Å². The molecule has 0 radical (unpaired) electrons. The van der Waals surface area contributed by atoms with Crippen LogP contribution in [-0.4, -0.2) is 68.4 Å². The smallest absolute Gasteiger partial charge is 0.490 e. The predicted octanol–water partition coefficient (Wildman–Crippen LogP) is 3.81. The normalized spacial score (nSPS) is 11.2. The van der Waals surface area contributed by atoms with Crippen molar-refractivity contribution in [3.63, 3.8) is 0 Å². The SMILES string of the molecule is COc1ccc(-n2nc3c(NC(=O)CCC(=O)NCCCCCCCCN)nc4ccccc4n3c2=O)cc1.O=C(O)C(F)(F)F. The van der Waals surface area contributed by atoms with Gasteiger partial charge in [-0.3, -0.25) is 9.59 Å². The number of alkyl halides is 3. The number of aliphatic carboxylic acids is 1. The molecule has 0 fully saturated rings. The molecule has 0 aliphatic carbocycles. The summed E-state index contributed by atoms with van der Waals surface area (Å²) >= 11 is 0. The summed E-state index contributed by atoms with van der Waals surface area (Å²) in [6, 6.07) is 14.1. The van der Waals surface area contributed by atoms with Crippen molar-refractivity contribution in [2.24, 2.45) is 5.73 Å². The summed E-state index contributed by atoms with van der Waals surface area (Å²) < 4.78 is 39.6. The Morgan fingerprint density at radius 1 is 0.935 bits per heavy atom. The van der Waals surface area contributed by atoms with Crippen LogP contribution in [0.25, 0.3) is 22.4 Å². The van der Waals surface area contributed by atoms with E-state index in [1.807, 2.05) is 0 Å². The maximum Gasteiger partial charge on any atom is 0.490 e. The fourth-order valence-electron chi connectivity index (χ4n) is 4.35. The summed E-state index contributed by atoms with van der Waals surface area (Å²) in [4.78, 5) is 51.8. The number of carbonyl (C=O) groups is 3. The average molecular weight is 648 g/mol. The number of nitrogens with one attached hydrogen (secondary N) is 2. The minimum absolute atomic E-state index is 0.0188. The number of methoxy groups -OCH3 is 1. The number of carboxylic acids is 1. The van der Waals surface area contributed by atoms with Crippen molar-refractivity contribution in [1.82, 2.24) is 24.5 Å². The molecule has 0 aliphatic rings. The maximum absolute atomic E-state index is 13.4. The molecule has 2 heterocycles. The fraction of sp³-hybridized carbons (Fsp3) is 0.400. The number of nitrogens with zero attached hydrogens (tertiary/aromatic N) is 4. The van der Waals surface area contributed by atoms with Crippen LogP contribution < -0.4 is 26.8 Å². The molecular weight excluding hydrogens is 611 g/mol. The Morgan fingerprint density at radius 2 is 1.54 bits per heavy atom. The topological polar surface area (TPSA) is 183 Å². The molecular formula is C30H36F3N7O6. The summed E-state index contributed by atoms with van der Waals surface area (Å²) in [5.74, 6) is -2.52. The van der Waals surface area contributed by atoms with Crippen LogP contribution in [0.15, 0.2) is 53.3 Å². The van der Waals surface area contributed by atoms with Gasteiger partial charge in [0.1, 0.15) is 5.75 Å². The number of hydrogen-bond acceptors (Lipinski definition) is 8. The lowest BCUT2D eigenvalue weighted by Gasteiger charge is -2.08. The highest BCUT2D eigenvalue weighted by molar-refractivity contribution is 5.96. The Kier molecular flexibility index (Phi) is 13.0. The van der Waals surface area contributed by atoms with E-state index < -0.39 is 17.8 Å². The quantitative estimate of drug-likeness (QED) is 0.148. The van der Waals surface area contributed by atoms with Crippen LogP contribution in [0.5, 0.6) is 5.75 Å². The predicted molar refractivity (Wildman–Crippen MR) is 164 cm³/mol. The average Bonchev–Trinajstić information content (AvgIpc) is 3.38. The summed E-state index contributed by atoms with van der Waals surface area (Å²) in [7, 11) is 1.57. The van der Waals surface area contributed by atoms with Gasteiger partial charge in [-0.05, 0) is 55.8 Å². The van der Waals surface area contributed by atoms with Crippen LogP contribution in [0.1, 0.15) is 51.4 Å². The number of benzene rings is 2. The van der Waals surface area contributed by atoms with Crippen molar-refractivity contribution < 1.29 is 37.4 Å². The molecule has 0 unspecified atom stereocenters. The number of carbonyl (C=O) groups excluding carboxylic acids is 2. The zero-order valence-corrected chi connectivity index (χ0v) is 25.2. The molecule has 46 heavy (non-hydrogen) atoms. The molecule has 2 aromatic heterocycles. The lowest BCUT2D eigenvalue weighted by Crippen LogP contribution is -2.26. The van der Waals surface area contributed by atoms with Gasteiger partial charge in [-0.15, -0.1) is 5.10 Å². The van der Waals surface area contributed by atoms with Crippen LogP contribution in [0.4, 0.5) is 19.0 Å². The van der Waals surface area contributed by atoms with E-state index in [1.165, 1.54) is 9.08 Å². The Balaban J connectivity index is 0.000000738. The third-order valence-corrected chi connectivity index (χ3v) is 6.70. The first-order valence-electron chi connectivity index (χ1n) is 14.6. The number of ether oxygens (including phenoxy) is 1. The fourth-order valence-corrected chi connectivity index (χ4v) is 4.35. The molecule has 4 rings (SSSR count). The molecule has 0 saturated carbocycles. The number of unbranched alkanes of at least 4 members (excludes halogenated alkanes) is 5. The van der Waals surface area contributed by atoms with Gasteiger partial charge in [0.2, 0.25) is 17.5 Å². The molecule has 0 spiro atoms. The summed E-state index contributed by atoms with van der Waals surface area (Å²) in [5, 5.41) is 17.2. The number of halogens is 3. The van der Waals surface area contributed by atoms with Gasteiger partial charge in [0, 0.05) is 19.4 Å². The molecule has 248 valence electrons. The van der Waals surface area contributed by atoms with Gasteiger partial charge in [0.15, 0.2) is 5.82 Å². The van der Waals surface area contributed by atoms with Crippen molar-refractivity contribution >= 4 is 40.3 Å². The standard InChI is InChI=1S/C28H35N7O4.C2HF3O2/c1-39-21-14-12-20(13-15-21)35-28(38)34-23-11-7-6-10-22(23)31-26(27(34)33-35)32-25(37)17-16-24(36)30-19-9-5-3-2-4-8-18-29;3-2(4,5)1(6)7/h6-7,10-15H,2-5,8-9,16-19,29H2,1H3,(H,30,36)(H,31,32,37);(H,6,7). The minimum atomic E-state index is -5.08. The second kappa shape index (κ2) is 16.9. The van der Waals surface area contributed by atoms with Crippen molar-refractivity contribution in [1.29, 1.82) is 0 Å². The van der Waals surface area contributed by atoms with E-state index in [9.17, 15) is 27.6 Å². The summed E-state index contributed by atoms with van der Waals surface area (Å²) in [5.41, 5.74) is 6.94. The maximum atomic E-state index is 13.4. The molecule has 2 aromatic carbocycles. The lowest BCUT2D eigenvalue weighted by molar-refractivity contribution is -0.192. The van der Waals surface area contributed by atoms with E-state index in [0.717, 1.165) is 45.1 Å². The summed E-state index contributed by atoms with van der Waals surface area (Å²) in [6.07, 6.45) is 1.40. The van der Waals surface area contributed by atoms with Crippen LogP contribution in [0.2, 0.25) is 0 Å². The first kappa shape index (κ1) is 35.5. The third kappa shape index (κ3) is 10.0. The second-order valence-corrected chi connectivity index (χ2v) is 10.1. The van der Waals surface area contributed by atoms with Crippen LogP contribution in [0.3, 0.4) is 0 Å².